The molecule has 0 aromatic heterocycles. The van der Waals surface area contributed by atoms with E-state index in [4.69, 9.17) is 0 Å². The first-order valence-electron chi connectivity index (χ1n) is 8.09. The molecule has 7 nitrogen and oxygen atoms in total. The van der Waals surface area contributed by atoms with Gasteiger partial charge in [-0.3, -0.25) is 25.1 Å². The Morgan fingerprint density at radius 2 is 1.81 bits per heavy atom. The Labute approximate surface area is 150 Å². The second kappa shape index (κ2) is 6.79. The maximum Gasteiger partial charge on any atom is 0.282 e. The minimum absolute atomic E-state index is 0.0120. The van der Waals surface area contributed by atoms with Gasteiger partial charge in [0.1, 0.15) is 5.57 Å². The Morgan fingerprint density at radius 3 is 2.42 bits per heavy atom. The molecule has 2 aromatic rings. The Hall–Kier alpha value is -3.48. The molecule has 0 saturated carbocycles. The predicted molar refractivity (Wildman–Crippen MR) is 97.2 cm³/mol. The Kier molecular flexibility index (Phi) is 4.53. The number of carbonyl (C=O) groups excluding carboxylic acids is 2. The van der Waals surface area contributed by atoms with Crippen LogP contribution in [0.2, 0.25) is 0 Å². The molecule has 132 valence electrons. The lowest BCUT2D eigenvalue weighted by Crippen LogP contribution is -2.35. The molecule has 7 heteroatoms. The summed E-state index contributed by atoms with van der Waals surface area (Å²) < 4.78 is 0. The van der Waals surface area contributed by atoms with Crippen LogP contribution >= 0.6 is 0 Å². The Morgan fingerprint density at radius 1 is 1.12 bits per heavy atom. The van der Waals surface area contributed by atoms with Gasteiger partial charge in [-0.15, -0.1) is 0 Å². The number of nitro benzene ring substituents is 1. The van der Waals surface area contributed by atoms with E-state index in [1.807, 2.05) is 13.8 Å². The third-order valence-electron chi connectivity index (χ3n) is 4.09. The molecular formula is C19H17N3O4. The number of anilines is 1. The van der Waals surface area contributed by atoms with Crippen molar-refractivity contribution in [2.24, 2.45) is 0 Å². The van der Waals surface area contributed by atoms with Crippen molar-refractivity contribution in [2.45, 2.75) is 19.8 Å². The van der Waals surface area contributed by atoms with Gasteiger partial charge in [-0.2, -0.15) is 0 Å². The molecule has 0 unspecified atom stereocenters. The van der Waals surface area contributed by atoms with Crippen molar-refractivity contribution in [3.63, 3.8) is 0 Å². The first-order chi connectivity index (χ1) is 12.4. The smallest absolute Gasteiger partial charge is 0.267 e. The SMILES string of the molecule is CC(C)c1ccc(C=C2C(=O)NN(c3ccccc3)C2=O)cc1[N+](=O)[O-]. The van der Waals surface area contributed by atoms with E-state index in [-0.39, 0.29) is 17.2 Å². The maximum absolute atomic E-state index is 12.6. The second-order valence-corrected chi connectivity index (χ2v) is 6.21. The fourth-order valence-electron chi connectivity index (χ4n) is 2.78. The minimum Gasteiger partial charge on any atom is -0.267 e. The molecule has 0 aliphatic carbocycles. The van der Waals surface area contributed by atoms with Gasteiger partial charge in [0.25, 0.3) is 17.5 Å². The van der Waals surface area contributed by atoms with E-state index in [0.29, 0.717) is 16.8 Å². The fraction of sp³-hybridized carbons (Fsp3) is 0.158. The molecular weight excluding hydrogens is 334 g/mol. The van der Waals surface area contributed by atoms with Gasteiger partial charge >= 0.3 is 0 Å². The van der Waals surface area contributed by atoms with Crippen LogP contribution in [0.25, 0.3) is 6.08 Å². The van der Waals surface area contributed by atoms with Crippen molar-refractivity contribution in [3.05, 3.63) is 75.3 Å². The normalized spacial score (nSPS) is 15.7. The molecule has 0 spiro atoms. The number of para-hydroxylation sites is 1. The summed E-state index contributed by atoms with van der Waals surface area (Å²) in [4.78, 5) is 35.6. The zero-order chi connectivity index (χ0) is 18.8. The summed E-state index contributed by atoms with van der Waals surface area (Å²) in [5.74, 6) is -1.06. The Balaban J connectivity index is 1.97. The summed E-state index contributed by atoms with van der Waals surface area (Å²) in [5, 5.41) is 12.5. The van der Waals surface area contributed by atoms with Gasteiger partial charge in [-0.25, -0.2) is 5.01 Å². The summed E-state index contributed by atoms with van der Waals surface area (Å²) in [6.07, 6.45) is 1.37. The topological polar surface area (TPSA) is 92.6 Å². The van der Waals surface area contributed by atoms with Gasteiger partial charge in [0.15, 0.2) is 0 Å². The van der Waals surface area contributed by atoms with Crippen LogP contribution in [0.1, 0.15) is 30.9 Å². The first kappa shape index (κ1) is 17.3. The van der Waals surface area contributed by atoms with Crippen molar-refractivity contribution < 1.29 is 14.5 Å². The van der Waals surface area contributed by atoms with Crippen molar-refractivity contribution >= 4 is 29.3 Å². The number of hydrogen-bond acceptors (Lipinski definition) is 4. The molecule has 0 atom stereocenters. The van der Waals surface area contributed by atoms with Crippen molar-refractivity contribution in [1.82, 2.24) is 5.43 Å². The highest BCUT2D eigenvalue weighted by atomic mass is 16.6. The van der Waals surface area contributed by atoms with E-state index in [9.17, 15) is 19.7 Å². The highest BCUT2D eigenvalue weighted by Gasteiger charge is 2.34. The zero-order valence-electron chi connectivity index (χ0n) is 14.3. The number of amides is 2. The fourth-order valence-corrected chi connectivity index (χ4v) is 2.78. The molecule has 2 amide bonds. The molecule has 0 radical (unpaired) electrons. The summed E-state index contributed by atoms with van der Waals surface area (Å²) in [5.41, 5.74) is 3.97. The van der Waals surface area contributed by atoms with Crippen molar-refractivity contribution in [1.29, 1.82) is 0 Å². The van der Waals surface area contributed by atoms with Crippen LogP contribution in [0.4, 0.5) is 11.4 Å². The van der Waals surface area contributed by atoms with E-state index in [2.05, 4.69) is 5.43 Å². The number of rotatable bonds is 4. The largest absolute Gasteiger partial charge is 0.282 e. The second-order valence-electron chi connectivity index (χ2n) is 6.21. The standard InChI is InChI=1S/C19H17N3O4/c1-12(2)15-9-8-13(11-17(15)22(25)26)10-16-18(23)20-21(19(16)24)14-6-4-3-5-7-14/h3-12H,1-2H3,(H,20,23). The van der Waals surface area contributed by atoms with Gasteiger partial charge in [0.05, 0.1) is 10.6 Å². The van der Waals surface area contributed by atoms with E-state index >= 15 is 0 Å². The molecule has 26 heavy (non-hydrogen) atoms. The van der Waals surface area contributed by atoms with Gasteiger partial charge in [0, 0.05) is 11.6 Å². The molecule has 2 aromatic carbocycles. The first-order valence-corrected chi connectivity index (χ1v) is 8.09. The highest BCUT2D eigenvalue weighted by molar-refractivity contribution is 6.31. The van der Waals surface area contributed by atoms with Crippen molar-refractivity contribution in [3.8, 4) is 0 Å². The summed E-state index contributed by atoms with van der Waals surface area (Å²) in [7, 11) is 0. The van der Waals surface area contributed by atoms with Crippen LogP contribution in [-0.2, 0) is 9.59 Å². The molecule has 0 bridgehead atoms. The number of nitrogens with zero attached hydrogens (tertiary/aromatic N) is 2. The van der Waals surface area contributed by atoms with Crippen LogP contribution in [0, 0.1) is 10.1 Å². The molecule has 1 N–H and O–H groups in total. The summed E-state index contributed by atoms with van der Waals surface area (Å²) in [6.45, 7) is 3.73. The van der Waals surface area contributed by atoms with Crippen LogP contribution in [0.5, 0.6) is 0 Å². The lowest BCUT2D eigenvalue weighted by Gasteiger charge is -2.13. The quantitative estimate of drug-likeness (QED) is 0.396. The predicted octanol–water partition coefficient (Wildman–Crippen LogP) is 3.18. The number of hydrazine groups is 1. The molecule has 1 aliphatic heterocycles. The van der Waals surface area contributed by atoms with E-state index in [1.54, 1.807) is 42.5 Å². The number of nitrogens with one attached hydrogen (secondary N) is 1. The third kappa shape index (κ3) is 3.19. The average Bonchev–Trinajstić information content (AvgIpc) is 2.90. The van der Waals surface area contributed by atoms with Crippen LogP contribution in [0.15, 0.2) is 54.1 Å². The van der Waals surface area contributed by atoms with Crippen LogP contribution in [-0.4, -0.2) is 16.7 Å². The molecule has 1 saturated heterocycles. The number of nitro groups is 1. The summed E-state index contributed by atoms with van der Waals surface area (Å²) in [6, 6.07) is 13.4. The van der Waals surface area contributed by atoms with Crippen molar-refractivity contribution in [2.75, 3.05) is 5.01 Å². The third-order valence-corrected chi connectivity index (χ3v) is 4.09. The van der Waals surface area contributed by atoms with Crippen LogP contribution in [0.3, 0.4) is 0 Å². The number of hydrogen-bond donors (Lipinski definition) is 1. The molecule has 3 rings (SSSR count). The Bertz CT molecular complexity index is 920. The number of carbonyl (C=O) groups is 2. The minimum atomic E-state index is -0.547. The monoisotopic (exact) mass is 351 g/mol. The molecule has 1 aliphatic rings. The van der Waals surface area contributed by atoms with Gasteiger partial charge in [-0.1, -0.05) is 44.2 Å². The van der Waals surface area contributed by atoms with E-state index in [1.165, 1.54) is 12.1 Å². The van der Waals surface area contributed by atoms with Gasteiger partial charge in [0.2, 0.25) is 0 Å². The summed E-state index contributed by atoms with van der Waals surface area (Å²) >= 11 is 0. The van der Waals surface area contributed by atoms with Gasteiger partial charge in [-0.05, 0) is 29.7 Å². The van der Waals surface area contributed by atoms with Crippen LogP contribution < -0.4 is 10.4 Å². The molecule has 1 heterocycles. The zero-order valence-corrected chi connectivity index (χ0v) is 14.3. The average molecular weight is 351 g/mol. The van der Waals surface area contributed by atoms with E-state index in [0.717, 1.165) is 5.01 Å². The van der Waals surface area contributed by atoms with E-state index < -0.39 is 16.7 Å². The highest BCUT2D eigenvalue weighted by Crippen LogP contribution is 2.29. The number of benzene rings is 2. The van der Waals surface area contributed by atoms with Gasteiger partial charge < -0.3 is 0 Å². The lowest BCUT2D eigenvalue weighted by molar-refractivity contribution is -0.385. The maximum atomic E-state index is 12.6. The lowest BCUT2D eigenvalue weighted by atomic mass is 9.98. The molecule has 1 fully saturated rings.